The minimum atomic E-state index is -1.19. The van der Waals surface area contributed by atoms with Crippen molar-refractivity contribution in [3.8, 4) is 0 Å². The molecule has 1 unspecified atom stereocenters. The number of anilines is 1. The van der Waals surface area contributed by atoms with Crippen LogP contribution in [0, 0.1) is 13.8 Å². The van der Waals surface area contributed by atoms with Crippen LogP contribution in [0.2, 0.25) is 0 Å². The molecule has 5 amide bonds. The molecule has 1 aliphatic heterocycles. The predicted molar refractivity (Wildman–Crippen MR) is 121 cm³/mol. The van der Waals surface area contributed by atoms with Gasteiger partial charge in [0.15, 0.2) is 0 Å². The van der Waals surface area contributed by atoms with Crippen LogP contribution < -0.4 is 16.0 Å². The second kappa shape index (κ2) is 9.64. The molecule has 3 N–H and O–H groups in total. The van der Waals surface area contributed by atoms with Gasteiger partial charge in [-0.05, 0) is 37.0 Å². The number of aryl methyl sites for hydroxylation is 2. The van der Waals surface area contributed by atoms with Crippen molar-refractivity contribution in [2.24, 2.45) is 0 Å². The number of nitrogens with zero attached hydrogens (tertiary/aromatic N) is 1. The number of rotatable bonds is 8. The van der Waals surface area contributed by atoms with Gasteiger partial charge in [-0.15, -0.1) is 0 Å². The molecule has 0 aromatic heterocycles. The number of benzene rings is 2. The Bertz CT molecular complexity index is 1020. The predicted octanol–water partition coefficient (Wildman–Crippen LogP) is 2.61. The lowest BCUT2D eigenvalue weighted by Gasteiger charge is -2.26. The van der Waals surface area contributed by atoms with Gasteiger partial charge in [-0.3, -0.25) is 19.3 Å². The number of carbonyl (C=O) groups excluding carboxylic acids is 4. The van der Waals surface area contributed by atoms with E-state index < -0.39 is 35.8 Å². The standard InChI is InChI=1S/C24H28N4O4/c1-4-13-24(18-11-6-5-7-12-18)22(31)28(23(32)27-24)15-20(30)25-14-19(29)26-21-16(2)9-8-10-17(21)3/h5-12H,4,13-15H2,1-3H3,(H,25,30)(H,26,29)(H,27,32). The molecule has 1 aliphatic rings. The van der Waals surface area contributed by atoms with E-state index in [1.54, 1.807) is 24.3 Å². The van der Waals surface area contributed by atoms with Gasteiger partial charge in [-0.2, -0.15) is 0 Å². The van der Waals surface area contributed by atoms with E-state index in [1.165, 1.54) is 0 Å². The van der Waals surface area contributed by atoms with Gasteiger partial charge in [-0.25, -0.2) is 4.79 Å². The number of amides is 5. The Morgan fingerprint density at radius 3 is 2.25 bits per heavy atom. The number of nitrogens with one attached hydrogen (secondary N) is 3. The monoisotopic (exact) mass is 436 g/mol. The van der Waals surface area contributed by atoms with E-state index >= 15 is 0 Å². The van der Waals surface area contributed by atoms with Crippen LogP contribution in [0.3, 0.4) is 0 Å². The van der Waals surface area contributed by atoms with E-state index in [9.17, 15) is 19.2 Å². The summed E-state index contributed by atoms with van der Waals surface area (Å²) in [5.41, 5.74) is 2.02. The largest absolute Gasteiger partial charge is 0.345 e. The van der Waals surface area contributed by atoms with Crippen LogP contribution in [0.5, 0.6) is 0 Å². The summed E-state index contributed by atoms with van der Waals surface area (Å²) in [6.45, 7) is 4.96. The van der Waals surface area contributed by atoms with Crippen molar-refractivity contribution in [3.05, 3.63) is 65.2 Å². The molecule has 2 aromatic rings. The number of hydrogen-bond acceptors (Lipinski definition) is 4. The fourth-order valence-electron chi connectivity index (χ4n) is 3.95. The van der Waals surface area contributed by atoms with Crippen molar-refractivity contribution in [1.82, 2.24) is 15.5 Å². The number of para-hydroxylation sites is 1. The molecular formula is C24H28N4O4. The Morgan fingerprint density at radius 2 is 1.62 bits per heavy atom. The van der Waals surface area contributed by atoms with Gasteiger partial charge >= 0.3 is 6.03 Å². The first kappa shape index (κ1) is 23.0. The first-order chi connectivity index (χ1) is 15.3. The van der Waals surface area contributed by atoms with Crippen molar-refractivity contribution in [3.63, 3.8) is 0 Å². The molecule has 0 saturated carbocycles. The van der Waals surface area contributed by atoms with Crippen molar-refractivity contribution in [2.45, 2.75) is 39.2 Å². The summed E-state index contributed by atoms with van der Waals surface area (Å²) in [6.07, 6.45) is 1.08. The van der Waals surface area contributed by atoms with Gasteiger partial charge in [0.05, 0.1) is 6.54 Å². The van der Waals surface area contributed by atoms with E-state index in [-0.39, 0.29) is 6.54 Å². The van der Waals surface area contributed by atoms with E-state index in [1.807, 2.05) is 45.0 Å². The van der Waals surface area contributed by atoms with Crippen molar-refractivity contribution in [1.29, 1.82) is 0 Å². The highest BCUT2D eigenvalue weighted by atomic mass is 16.2. The van der Waals surface area contributed by atoms with Crippen LogP contribution in [-0.4, -0.2) is 41.7 Å². The van der Waals surface area contributed by atoms with E-state index in [2.05, 4.69) is 16.0 Å². The van der Waals surface area contributed by atoms with Gasteiger partial charge in [-0.1, -0.05) is 61.9 Å². The summed E-state index contributed by atoms with van der Waals surface area (Å²) in [6, 6.07) is 14.1. The first-order valence-electron chi connectivity index (χ1n) is 10.6. The number of urea groups is 1. The molecule has 3 rings (SSSR count). The summed E-state index contributed by atoms with van der Waals surface area (Å²) in [5, 5.41) is 8.04. The van der Waals surface area contributed by atoms with E-state index in [4.69, 9.17) is 0 Å². The maximum absolute atomic E-state index is 13.2. The van der Waals surface area contributed by atoms with Gasteiger partial charge in [0.1, 0.15) is 12.1 Å². The van der Waals surface area contributed by atoms with Gasteiger partial charge in [0.25, 0.3) is 5.91 Å². The molecule has 0 aliphatic carbocycles. The first-order valence-corrected chi connectivity index (χ1v) is 10.6. The average Bonchev–Trinajstić information content (AvgIpc) is 3.01. The summed E-state index contributed by atoms with van der Waals surface area (Å²) in [5.74, 6) is -1.45. The number of carbonyl (C=O) groups is 4. The molecule has 0 radical (unpaired) electrons. The van der Waals surface area contributed by atoms with Crippen LogP contribution in [0.25, 0.3) is 0 Å². The van der Waals surface area contributed by atoms with E-state index in [0.29, 0.717) is 24.1 Å². The third kappa shape index (κ3) is 4.64. The topological polar surface area (TPSA) is 108 Å². The molecule has 1 fully saturated rings. The molecule has 0 bridgehead atoms. The molecule has 0 spiro atoms. The lowest BCUT2D eigenvalue weighted by molar-refractivity contribution is -0.135. The smallest absolute Gasteiger partial charge is 0.325 e. The van der Waals surface area contributed by atoms with Crippen LogP contribution in [-0.2, 0) is 19.9 Å². The minimum Gasteiger partial charge on any atom is -0.345 e. The molecule has 1 heterocycles. The summed E-state index contributed by atoms with van der Waals surface area (Å²) < 4.78 is 0. The maximum Gasteiger partial charge on any atom is 0.325 e. The highest BCUT2D eigenvalue weighted by Crippen LogP contribution is 2.33. The van der Waals surface area contributed by atoms with Crippen LogP contribution in [0.15, 0.2) is 48.5 Å². The minimum absolute atomic E-state index is 0.269. The van der Waals surface area contributed by atoms with Gasteiger partial charge < -0.3 is 16.0 Å². The Labute approximate surface area is 187 Å². The molecule has 8 heteroatoms. The zero-order chi connectivity index (χ0) is 23.3. The number of imide groups is 1. The lowest BCUT2D eigenvalue weighted by Crippen LogP contribution is -2.45. The molecule has 8 nitrogen and oxygen atoms in total. The summed E-state index contributed by atoms with van der Waals surface area (Å²) in [7, 11) is 0. The molecular weight excluding hydrogens is 408 g/mol. The average molecular weight is 437 g/mol. The van der Waals surface area contributed by atoms with Crippen LogP contribution in [0.1, 0.15) is 36.5 Å². The fraction of sp³-hybridized carbons (Fsp3) is 0.333. The molecule has 32 heavy (non-hydrogen) atoms. The van der Waals surface area contributed by atoms with Crippen molar-refractivity contribution < 1.29 is 19.2 Å². The normalized spacial score (nSPS) is 17.8. The number of hydrogen-bond donors (Lipinski definition) is 3. The highest BCUT2D eigenvalue weighted by molar-refractivity contribution is 6.09. The summed E-state index contributed by atoms with van der Waals surface area (Å²) in [4.78, 5) is 51.4. The maximum atomic E-state index is 13.2. The Hall–Kier alpha value is -3.68. The molecule has 168 valence electrons. The Kier molecular flexibility index (Phi) is 6.92. The van der Waals surface area contributed by atoms with Crippen molar-refractivity contribution in [2.75, 3.05) is 18.4 Å². The van der Waals surface area contributed by atoms with E-state index in [0.717, 1.165) is 16.0 Å². The molecule has 1 saturated heterocycles. The van der Waals surface area contributed by atoms with Crippen molar-refractivity contribution >= 4 is 29.4 Å². The van der Waals surface area contributed by atoms with Gasteiger partial charge in [0.2, 0.25) is 11.8 Å². The third-order valence-corrected chi connectivity index (χ3v) is 5.56. The lowest BCUT2D eigenvalue weighted by atomic mass is 9.85. The zero-order valence-corrected chi connectivity index (χ0v) is 18.5. The third-order valence-electron chi connectivity index (χ3n) is 5.56. The SMILES string of the molecule is CCCC1(c2ccccc2)NC(=O)N(CC(=O)NCC(=O)Nc2c(C)cccc2C)C1=O. The zero-order valence-electron chi connectivity index (χ0n) is 18.5. The second-order valence-electron chi connectivity index (χ2n) is 7.93. The van der Waals surface area contributed by atoms with Crippen LogP contribution >= 0.6 is 0 Å². The summed E-state index contributed by atoms with van der Waals surface area (Å²) >= 11 is 0. The second-order valence-corrected chi connectivity index (χ2v) is 7.93. The highest BCUT2D eigenvalue weighted by Gasteiger charge is 2.52. The van der Waals surface area contributed by atoms with Crippen LogP contribution in [0.4, 0.5) is 10.5 Å². The molecule has 2 aromatic carbocycles. The Morgan fingerprint density at radius 1 is 0.969 bits per heavy atom. The fourth-order valence-corrected chi connectivity index (χ4v) is 3.95. The van der Waals surface area contributed by atoms with Gasteiger partial charge in [0, 0.05) is 5.69 Å². The quantitative estimate of drug-likeness (QED) is 0.553. The Balaban J connectivity index is 1.63. The molecule has 1 atom stereocenters.